The first-order chi connectivity index (χ1) is 17.2. The Bertz CT molecular complexity index is 916. The van der Waals surface area contributed by atoms with Crippen LogP contribution in [0.2, 0.25) is 0 Å². The van der Waals surface area contributed by atoms with E-state index in [1.54, 1.807) is 9.80 Å². The Morgan fingerprint density at radius 2 is 1.89 bits per heavy atom. The summed E-state index contributed by atoms with van der Waals surface area (Å²) in [6, 6.07) is -1.49. The first-order valence-corrected chi connectivity index (χ1v) is 13.6. The van der Waals surface area contributed by atoms with Crippen LogP contribution in [0.5, 0.6) is 0 Å². The van der Waals surface area contributed by atoms with Gasteiger partial charge in [0, 0.05) is 13.1 Å². The van der Waals surface area contributed by atoms with Crippen molar-refractivity contribution in [3.8, 4) is 0 Å². The Balaban J connectivity index is 1.83. The molecule has 2 fully saturated rings. The normalized spacial score (nSPS) is 35.9. The molecule has 8 heteroatoms. The number of fused-ring (bicyclic) bond motifs is 2. The summed E-state index contributed by atoms with van der Waals surface area (Å²) in [4.78, 5) is 45.2. The summed E-state index contributed by atoms with van der Waals surface area (Å²) in [5.41, 5.74) is -2.39. The number of rotatable bonds is 8. The van der Waals surface area contributed by atoms with E-state index in [0.29, 0.717) is 25.9 Å². The molecular weight excluding hydrogens is 460 g/mol. The number of cyclic esters (lactones) is 1. The highest BCUT2D eigenvalue weighted by molar-refractivity contribution is 5.99. The fraction of sp³-hybridized carbons (Fsp3) is 0.750. The lowest BCUT2D eigenvalue weighted by molar-refractivity contribution is -0.161. The van der Waals surface area contributed by atoms with E-state index in [2.05, 4.69) is 6.92 Å². The minimum atomic E-state index is -1.31. The predicted octanol–water partition coefficient (Wildman–Crippen LogP) is 2.85. The van der Waals surface area contributed by atoms with E-state index in [4.69, 9.17) is 9.47 Å². The van der Waals surface area contributed by atoms with Gasteiger partial charge in [-0.1, -0.05) is 57.9 Å². The molecule has 0 aromatic rings. The van der Waals surface area contributed by atoms with Crippen LogP contribution in [0.1, 0.15) is 66.2 Å². The van der Waals surface area contributed by atoms with Crippen molar-refractivity contribution in [1.82, 2.24) is 9.80 Å². The molecule has 4 heterocycles. The van der Waals surface area contributed by atoms with Crippen LogP contribution in [0.4, 0.5) is 0 Å². The monoisotopic (exact) mass is 502 g/mol. The largest absolute Gasteiger partial charge is 0.465 e. The smallest absolute Gasteiger partial charge is 0.313 e. The zero-order chi connectivity index (χ0) is 26.1. The lowest BCUT2D eigenvalue weighted by Gasteiger charge is -2.40. The number of likely N-dealkylation sites (tertiary alicyclic amines) is 1. The predicted molar refractivity (Wildman–Crippen MR) is 135 cm³/mol. The SMILES string of the molecule is CCCCCN1CC=C[C@]23O[C@@]4(C)/C=C\CCCOC(=O)[C@H]4[C@H]2C(=O)N([C@@H](CO)CC(C)C)C3C1=O. The topological polar surface area (TPSA) is 96.4 Å². The third-order valence-corrected chi connectivity index (χ3v) is 8.15. The van der Waals surface area contributed by atoms with Crippen LogP contribution in [0.15, 0.2) is 24.3 Å². The summed E-state index contributed by atoms with van der Waals surface area (Å²) in [5, 5.41) is 10.4. The second kappa shape index (κ2) is 10.7. The molecule has 2 amide bonds. The van der Waals surface area contributed by atoms with E-state index in [-0.39, 0.29) is 30.9 Å². The summed E-state index contributed by atoms with van der Waals surface area (Å²) in [6.07, 6.45) is 12.5. The lowest BCUT2D eigenvalue weighted by Crippen LogP contribution is -2.59. The van der Waals surface area contributed by atoms with Gasteiger partial charge < -0.3 is 24.4 Å². The van der Waals surface area contributed by atoms with Crippen molar-refractivity contribution in [2.24, 2.45) is 17.8 Å². The summed E-state index contributed by atoms with van der Waals surface area (Å²) < 4.78 is 12.4. The lowest BCUT2D eigenvalue weighted by atomic mass is 9.74. The Morgan fingerprint density at radius 3 is 2.58 bits per heavy atom. The average Bonchev–Trinajstić information content (AvgIpc) is 3.18. The highest BCUT2D eigenvalue weighted by Gasteiger charge is 2.75. The summed E-state index contributed by atoms with van der Waals surface area (Å²) in [5.74, 6) is -2.54. The number of aliphatic hydroxyl groups is 1. The molecule has 1 spiro atoms. The maximum atomic E-state index is 14.3. The second-order valence-electron chi connectivity index (χ2n) is 11.3. The van der Waals surface area contributed by atoms with Gasteiger partial charge in [-0.15, -0.1) is 0 Å². The number of hydrogen-bond acceptors (Lipinski definition) is 6. The van der Waals surface area contributed by atoms with Crippen molar-refractivity contribution < 1.29 is 29.0 Å². The maximum Gasteiger partial charge on any atom is 0.313 e. The Labute approximate surface area is 214 Å². The first-order valence-electron chi connectivity index (χ1n) is 13.6. The molecule has 4 rings (SSSR count). The number of unbranched alkanes of at least 4 members (excludes halogenated alkanes) is 2. The minimum Gasteiger partial charge on any atom is -0.465 e. The van der Waals surface area contributed by atoms with Crippen LogP contribution >= 0.6 is 0 Å². The molecule has 0 bridgehead atoms. The van der Waals surface area contributed by atoms with Gasteiger partial charge in [-0.2, -0.15) is 0 Å². The molecule has 0 saturated carbocycles. The highest BCUT2D eigenvalue weighted by Crippen LogP contribution is 2.57. The molecule has 0 aromatic carbocycles. The highest BCUT2D eigenvalue weighted by atomic mass is 16.6. The van der Waals surface area contributed by atoms with E-state index >= 15 is 0 Å². The molecule has 0 aliphatic carbocycles. The number of allylic oxidation sites excluding steroid dienone is 1. The standard InChI is InChI=1S/C28H42N2O6/c1-5-6-9-14-29-15-11-13-28-21(22-26(34)35-16-10-7-8-12-27(22,4)36-28)24(32)30(23(28)25(29)33)20(18-31)17-19(2)3/h8,11-13,19-23,31H,5-7,9-10,14-18H2,1-4H3/b12-8-/t20-,21+,22-,23?,27+,28+/m1/s1. The summed E-state index contributed by atoms with van der Waals surface area (Å²) >= 11 is 0. The number of nitrogens with zero attached hydrogens (tertiary/aromatic N) is 2. The van der Waals surface area contributed by atoms with Crippen LogP contribution in [0.25, 0.3) is 0 Å². The van der Waals surface area contributed by atoms with Gasteiger partial charge in [-0.25, -0.2) is 0 Å². The van der Waals surface area contributed by atoms with Crippen molar-refractivity contribution in [1.29, 1.82) is 0 Å². The molecule has 4 aliphatic rings. The molecule has 6 atom stereocenters. The van der Waals surface area contributed by atoms with Crippen molar-refractivity contribution in [2.75, 3.05) is 26.3 Å². The number of esters is 1. The van der Waals surface area contributed by atoms with E-state index in [1.165, 1.54) is 0 Å². The van der Waals surface area contributed by atoms with Crippen LogP contribution in [0, 0.1) is 17.8 Å². The van der Waals surface area contributed by atoms with Gasteiger partial charge in [-0.3, -0.25) is 14.4 Å². The third kappa shape index (κ3) is 4.51. The van der Waals surface area contributed by atoms with Gasteiger partial charge in [0.2, 0.25) is 11.8 Å². The Hall–Kier alpha value is -2.19. The molecule has 36 heavy (non-hydrogen) atoms. The molecule has 1 N–H and O–H groups in total. The Kier molecular flexibility index (Phi) is 7.95. The van der Waals surface area contributed by atoms with E-state index in [0.717, 1.165) is 25.7 Å². The zero-order valence-electron chi connectivity index (χ0n) is 22.2. The fourth-order valence-corrected chi connectivity index (χ4v) is 6.59. The summed E-state index contributed by atoms with van der Waals surface area (Å²) in [7, 11) is 0. The third-order valence-electron chi connectivity index (χ3n) is 8.15. The minimum absolute atomic E-state index is 0.179. The van der Waals surface area contributed by atoms with Crippen LogP contribution < -0.4 is 0 Å². The zero-order valence-corrected chi connectivity index (χ0v) is 22.2. The van der Waals surface area contributed by atoms with E-state index < -0.39 is 41.1 Å². The van der Waals surface area contributed by atoms with Crippen molar-refractivity contribution in [3.05, 3.63) is 24.3 Å². The molecule has 0 radical (unpaired) electrons. The molecule has 0 aromatic heterocycles. The number of carbonyl (C=O) groups is 3. The summed E-state index contributed by atoms with van der Waals surface area (Å²) in [6.45, 7) is 9.03. The number of amides is 2. The van der Waals surface area contributed by atoms with Gasteiger partial charge in [-0.05, 0) is 38.5 Å². The number of carbonyl (C=O) groups excluding carboxylic acids is 3. The van der Waals surface area contributed by atoms with Gasteiger partial charge in [0.05, 0.1) is 30.8 Å². The van der Waals surface area contributed by atoms with Crippen LogP contribution in [0.3, 0.4) is 0 Å². The quantitative estimate of drug-likeness (QED) is 0.312. The van der Waals surface area contributed by atoms with Gasteiger partial charge in [0.15, 0.2) is 0 Å². The van der Waals surface area contributed by atoms with Crippen molar-refractivity contribution >= 4 is 17.8 Å². The van der Waals surface area contributed by atoms with Crippen LogP contribution in [-0.4, -0.2) is 82.3 Å². The van der Waals surface area contributed by atoms with Gasteiger partial charge >= 0.3 is 5.97 Å². The molecule has 200 valence electrons. The van der Waals surface area contributed by atoms with Crippen molar-refractivity contribution in [3.63, 3.8) is 0 Å². The Morgan fingerprint density at radius 1 is 1.11 bits per heavy atom. The molecule has 1 unspecified atom stereocenters. The van der Waals surface area contributed by atoms with Crippen molar-refractivity contribution in [2.45, 2.75) is 89.5 Å². The molecule has 2 saturated heterocycles. The average molecular weight is 503 g/mol. The number of aliphatic hydroxyl groups excluding tert-OH is 1. The number of hydrogen-bond donors (Lipinski definition) is 1. The first kappa shape index (κ1) is 26.9. The second-order valence-corrected chi connectivity index (χ2v) is 11.3. The fourth-order valence-electron chi connectivity index (χ4n) is 6.59. The molecule has 4 aliphatic heterocycles. The van der Waals surface area contributed by atoms with E-state index in [9.17, 15) is 19.5 Å². The van der Waals surface area contributed by atoms with Crippen LogP contribution in [-0.2, 0) is 23.9 Å². The van der Waals surface area contributed by atoms with Gasteiger partial charge in [0.1, 0.15) is 17.6 Å². The van der Waals surface area contributed by atoms with Gasteiger partial charge in [0.25, 0.3) is 0 Å². The maximum absolute atomic E-state index is 14.3. The molecule has 8 nitrogen and oxygen atoms in total. The molecular formula is C28H42N2O6. The van der Waals surface area contributed by atoms with E-state index in [1.807, 2.05) is 45.1 Å². The number of ether oxygens (including phenoxy) is 2.